The molecule has 12 nitrogen and oxygen atoms in total. The van der Waals surface area contributed by atoms with Crippen LogP contribution in [0.1, 0.15) is 42.0 Å². The first-order valence-corrected chi connectivity index (χ1v) is 5.80. The van der Waals surface area contributed by atoms with Crippen LogP contribution in [0, 0.1) is 0 Å². The van der Waals surface area contributed by atoms with E-state index in [0.717, 1.165) is 24.8 Å². The van der Waals surface area contributed by atoms with Crippen molar-refractivity contribution in [3.8, 4) is 0 Å². The summed E-state index contributed by atoms with van der Waals surface area (Å²) in [7, 11) is 0. The fraction of sp³-hybridized carbons (Fsp3) is 0. The molecule has 0 aliphatic rings. The van der Waals surface area contributed by atoms with Crippen molar-refractivity contribution in [2.45, 2.75) is 0 Å². The van der Waals surface area contributed by atoms with Gasteiger partial charge in [0, 0.05) is 24.8 Å². The smallest absolute Gasteiger partial charge is 0.357 e. The molecule has 0 aliphatic heterocycles. The van der Waals surface area contributed by atoms with E-state index in [2.05, 4.69) is 19.9 Å². The molecule has 14 heteroatoms. The van der Waals surface area contributed by atoms with Gasteiger partial charge in [0.15, 0.2) is 22.8 Å². The van der Waals surface area contributed by atoms with Gasteiger partial charge in [0.2, 0.25) is 0 Å². The van der Waals surface area contributed by atoms with Gasteiger partial charge in [-0.3, -0.25) is 0 Å². The number of carbonyl (C=O) groups is 4. The third-order valence-electron chi connectivity index (χ3n) is 2.21. The fourth-order valence-corrected chi connectivity index (χ4v) is 1.30. The summed E-state index contributed by atoms with van der Waals surface area (Å²) < 4.78 is 0. The van der Waals surface area contributed by atoms with E-state index in [-0.39, 0.29) is 24.8 Å². The predicted octanol–water partition coefficient (Wildman–Crippen LogP) is 0.590. The molecule has 0 amide bonds. The number of halogens is 2. The molecule has 0 saturated carbocycles. The maximum absolute atomic E-state index is 10.4. The SMILES string of the molecule is Cl.Cl.O=C(O)c1nccnc1C(=O)O.O=C(O)c1nccnc1C(=O)O. The Morgan fingerprint density at radius 3 is 0.769 bits per heavy atom. The second kappa shape index (κ2) is 11.2. The molecule has 2 aromatic rings. The highest BCUT2D eigenvalue weighted by molar-refractivity contribution is 5.99. The molecular weight excluding hydrogens is 399 g/mol. The molecule has 0 bridgehead atoms. The summed E-state index contributed by atoms with van der Waals surface area (Å²) in [5, 5.41) is 33.8. The van der Waals surface area contributed by atoms with Gasteiger partial charge >= 0.3 is 23.9 Å². The summed E-state index contributed by atoms with van der Waals surface area (Å²) >= 11 is 0. The minimum Gasteiger partial charge on any atom is -0.476 e. The van der Waals surface area contributed by atoms with Crippen molar-refractivity contribution in [2.24, 2.45) is 0 Å². The molecule has 2 rings (SSSR count). The van der Waals surface area contributed by atoms with Gasteiger partial charge in [0.05, 0.1) is 0 Å². The number of aromatic nitrogens is 4. The molecule has 0 aliphatic carbocycles. The molecule has 26 heavy (non-hydrogen) atoms. The first kappa shape index (κ1) is 24.9. The Morgan fingerprint density at radius 2 is 0.654 bits per heavy atom. The van der Waals surface area contributed by atoms with Crippen LogP contribution in [0.2, 0.25) is 0 Å². The van der Waals surface area contributed by atoms with E-state index in [1.165, 1.54) is 0 Å². The van der Waals surface area contributed by atoms with Crippen LogP contribution >= 0.6 is 24.8 Å². The monoisotopic (exact) mass is 408 g/mol. The topological polar surface area (TPSA) is 201 Å². The van der Waals surface area contributed by atoms with Gasteiger partial charge in [-0.25, -0.2) is 39.1 Å². The molecule has 2 aromatic heterocycles. The molecule has 0 unspecified atom stereocenters. The van der Waals surface area contributed by atoms with Crippen molar-refractivity contribution < 1.29 is 39.6 Å². The summed E-state index contributed by atoms with van der Waals surface area (Å²) in [6.07, 6.45) is 4.48. The molecule has 0 atom stereocenters. The summed E-state index contributed by atoms with van der Waals surface area (Å²) in [5.41, 5.74) is -2.20. The van der Waals surface area contributed by atoms with Gasteiger partial charge in [-0.1, -0.05) is 0 Å². The quantitative estimate of drug-likeness (QED) is 0.548. The molecule has 0 aromatic carbocycles. The molecule has 0 saturated heterocycles. The van der Waals surface area contributed by atoms with E-state index in [0.29, 0.717) is 0 Å². The zero-order valence-electron chi connectivity index (χ0n) is 12.3. The molecule has 0 radical (unpaired) electrons. The number of carboxylic acids is 4. The minimum absolute atomic E-state index is 0. The van der Waals surface area contributed by atoms with E-state index in [1.807, 2.05) is 0 Å². The highest BCUT2D eigenvalue weighted by atomic mass is 35.5. The van der Waals surface area contributed by atoms with Gasteiger partial charge in [-0.15, -0.1) is 24.8 Å². The van der Waals surface area contributed by atoms with Gasteiger partial charge in [0.1, 0.15) is 0 Å². The van der Waals surface area contributed by atoms with Crippen LogP contribution < -0.4 is 0 Å². The largest absolute Gasteiger partial charge is 0.476 e. The van der Waals surface area contributed by atoms with Crippen molar-refractivity contribution in [2.75, 3.05) is 0 Å². The maximum Gasteiger partial charge on any atom is 0.357 e. The molecular formula is C12H10Cl2N4O8. The lowest BCUT2D eigenvalue weighted by Crippen LogP contribution is -2.12. The Morgan fingerprint density at radius 1 is 0.500 bits per heavy atom. The van der Waals surface area contributed by atoms with Crippen molar-refractivity contribution in [1.29, 1.82) is 0 Å². The van der Waals surface area contributed by atoms with E-state index in [4.69, 9.17) is 20.4 Å². The summed E-state index contributed by atoms with van der Waals surface area (Å²) in [6, 6.07) is 0. The highest BCUT2D eigenvalue weighted by Gasteiger charge is 2.18. The predicted molar refractivity (Wildman–Crippen MR) is 86.4 cm³/mol. The number of hydrogen-bond acceptors (Lipinski definition) is 8. The Hall–Kier alpha value is -3.38. The normalized spacial score (nSPS) is 8.62. The minimum atomic E-state index is -1.40. The van der Waals surface area contributed by atoms with Gasteiger partial charge in [-0.05, 0) is 0 Å². The third-order valence-corrected chi connectivity index (χ3v) is 2.21. The van der Waals surface area contributed by atoms with Gasteiger partial charge in [-0.2, -0.15) is 0 Å². The summed E-state index contributed by atoms with van der Waals surface area (Å²) in [5.74, 6) is -5.61. The second-order valence-corrected chi connectivity index (χ2v) is 3.73. The lowest BCUT2D eigenvalue weighted by atomic mass is 10.3. The highest BCUT2D eigenvalue weighted by Crippen LogP contribution is 2.01. The van der Waals surface area contributed by atoms with Crippen molar-refractivity contribution in [3.05, 3.63) is 47.6 Å². The average Bonchev–Trinajstić information content (AvgIpc) is 2.55. The summed E-state index contributed by atoms with van der Waals surface area (Å²) in [4.78, 5) is 54.9. The van der Waals surface area contributed by atoms with Crippen molar-refractivity contribution >= 4 is 48.7 Å². The standard InChI is InChI=1S/2C6H4N2O4.2ClH/c2*9-5(10)3-4(6(11)12)8-2-1-7-3;;/h2*1-2H,(H,9,10)(H,11,12);2*1H. The number of hydrogen-bond donors (Lipinski definition) is 4. The molecule has 0 spiro atoms. The Bertz CT molecular complexity index is 684. The number of carboxylic acid groups (broad SMARTS) is 4. The molecule has 4 N–H and O–H groups in total. The van der Waals surface area contributed by atoms with Crippen LogP contribution in [-0.2, 0) is 0 Å². The molecule has 0 fully saturated rings. The van der Waals surface area contributed by atoms with Gasteiger partial charge < -0.3 is 20.4 Å². The Balaban J connectivity index is 0. The Labute approximate surface area is 156 Å². The van der Waals surface area contributed by atoms with Crippen molar-refractivity contribution in [3.63, 3.8) is 0 Å². The zero-order chi connectivity index (χ0) is 18.3. The van der Waals surface area contributed by atoms with E-state index < -0.39 is 46.7 Å². The van der Waals surface area contributed by atoms with E-state index >= 15 is 0 Å². The fourth-order valence-electron chi connectivity index (χ4n) is 1.30. The molecule has 2 heterocycles. The third kappa shape index (κ3) is 6.62. The number of aromatic carboxylic acids is 4. The van der Waals surface area contributed by atoms with Crippen LogP contribution in [0.5, 0.6) is 0 Å². The lowest BCUT2D eigenvalue weighted by Gasteiger charge is -1.96. The van der Waals surface area contributed by atoms with Crippen LogP contribution in [0.25, 0.3) is 0 Å². The molecule has 140 valence electrons. The zero-order valence-corrected chi connectivity index (χ0v) is 14.0. The van der Waals surface area contributed by atoms with E-state index in [1.54, 1.807) is 0 Å². The maximum atomic E-state index is 10.4. The van der Waals surface area contributed by atoms with Crippen LogP contribution in [0.3, 0.4) is 0 Å². The number of rotatable bonds is 4. The lowest BCUT2D eigenvalue weighted by molar-refractivity contribution is 0.0641. The first-order chi connectivity index (χ1) is 11.3. The van der Waals surface area contributed by atoms with Crippen LogP contribution in [-0.4, -0.2) is 64.2 Å². The summed E-state index contributed by atoms with van der Waals surface area (Å²) in [6.45, 7) is 0. The van der Waals surface area contributed by atoms with Gasteiger partial charge in [0.25, 0.3) is 0 Å². The second-order valence-electron chi connectivity index (χ2n) is 3.73. The Kier molecular flexibility index (Phi) is 10.7. The van der Waals surface area contributed by atoms with Crippen molar-refractivity contribution in [1.82, 2.24) is 19.9 Å². The number of nitrogens with zero attached hydrogens (tertiary/aromatic N) is 4. The van der Waals surface area contributed by atoms with Crippen LogP contribution in [0.15, 0.2) is 24.8 Å². The first-order valence-electron chi connectivity index (χ1n) is 5.80. The van der Waals surface area contributed by atoms with Crippen LogP contribution in [0.4, 0.5) is 0 Å². The average molecular weight is 409 g/mol. The van der Waals surface area contributed by atoms with E-state index in [9.17, 15) is 19.2 Å².